The van der Waals surface area contributed by atoms with E-state index >= 15 is 0 Å². The number of benzene rings is 2. The predicted molar refractivity (Wildman–Crippen MR) is 102 cm³/mol. The topological polar surface area (TPSA) is 57.7 Å². The van der Waals surface area contributed by atoms with Crippen molar-refractivity contribution in [1.29, 1.82) is 0 Å². The third-order valence-corrected chi connectivity index (χ3v) is 7.11. The van der Waals surface area contributed by atoms with Gasteiger partial charge in [0.25, 0.3) is 5.91 Å². The van der Waals surface area contributed by atoms with Crippen molar-refractivity contribution in [3.63, 3.8) is 0 Å². The van der Waals surface area contributed by atoms with E-state index in [1.807, 2.05) is 0 Å². The van der Waals surface area contributed by atoms with Crippen LogP contribution in [0.5, 0.6) is 0 Å². The Labute approximate surface area is 167 Å². The molecule has 2 aromatic rings. The zero-order valence-corrected chi connectivity index (χ0v) is 16.6. The Morgan fingerprint density at radius 3 is 2.37 bits per heavy atom. The van der Waals surface area contributed by atoms with Crippen molar-refractivity contribution in [2.24, 2.45) is 0 Å². The van der Waals surface area contributed by atoms with E-state index in [2.05, 4.69) is 0 Å². The van der Waals surface area contributed by atoms with Crippen molar-refractivity contribution in [1.82, 2.24) is 9.21 Å². The molecule has 5 nitrogen and oxygen atoms in total. The molecule has 9 heteroatoms. The van der Waals surface area contributed by atoms with Gasteiger partial charge in [-0.1, -0.05) is 29.3 Å². The molecule has 0 aliphatic carbocycles. The van der Waals surface area contributed by atoms with E-state index < -0.39 is 15.8 Å². The summed E-state index contributed by atoms with van der Waals surface area (Å²) in [4.78, 5) is 14.4. The Morgan fingerprint density at radius 2 is 1.67 bits per heavy atom. The summed E-state index contributed by atoms with van der Waals surface area (Å²) in [7, 11) is -3.75. The number of sulfonamides is 1. The molecule has 0 atom stereocenters. The summed E-state index contributed by atoms with van der Waals surface area (Å²) in [6, 6.07) is 9.54. The first kappa shape index (κ1) is 20.1. The van der Waals surface area contributed by atoms with Gasteiger partial charge in [-0.15, -0.1) is 0 Å². The number of rotatable bonds is 3. The summed E-state index contributed by atoms with van der Waals surface area (Å²) in [5.74, 6) is -0.788. The number of carbonyl (C=O) groups is 1. The number of carbonyl (C=O) groups excluding carboxylic acids is 1. The van der Waals surface area contributed by atoms with E-state index in [4.69, 9.17) is 23.2 Å². The molecule has 27 heavy (non-hydrogen) atoms. The molecular formula is C18H17Cl2FN2O3S. The van der Waals surface area contributed by atoms with Crippen LogP contribution in [0.3, 0.4) is 0 Å². The Kier molecular flexibility index (Phi) is 6.05. The Morgan fingerprint density at radius 1 is 0.963 bits per heavy atom. The first-order chi connectivity index (χ1) is 12.8. The molecule has 144 valence electrons. The van der Waals surface area contributed by atoms with Crippen molar-refractivity contribution in [2.45, 2.75) is 11.3 Å². The molecular weight excluding hydrogens is 414 g/mol. The van der Waals surface area contributed by atoms with Gasteiger partial charge in [0.15, 0.2) is 0 Å². The fourth-order valence-corrected chi connectivity index (χ4v) is 4.78. The average Bonchev–Trinajstić information content (AvgIpc) is 2.90. The molecule has 0 saturated carbocycles. The van der Waals surface area contributed by atoms with Gasteiger partial charge in [0.05, 0.1) is 20.5 Å². The van der Waals surface area contributed by atoms with Crippen LogP contribution in [0.4, 0.5) is 4.39 Å². The predicted octanol–water partition coefficient (Wildman–Crippen LogP) is 3.67. The maximum Gasteiger partial charge on any atom is 0.255 e. The maximum absolute atomic E-state index is 13.1. The number of nitrogens with zero attached hydrogens (tertiary/aromatic N) is 2. The van der Waals surface area contributed by atoms with E-state index in [-0.39, 0.29) is 40.5 Å². The van der Waals surface area contributed by atoms with E-state index in [0.29, 0.717) is 18.5 Å². The van der Waals surface area contributed by atoms with Gasteiger partial charge >= 0.3 is 0 Å². The zero-order chi connectivity index (χ0) is 19.6. The third-order valence-electron chi connectivity index (χ3n) is 4.38. The molecule has 1 saturated heterocycles. The van der Waals surface area contributed by atoms with Gasteiger partial charge in [0.2, 0.25) is 10.0 Å². The van der Waals surface area contributed by atoms with Gasteiger partial charge in [-0.05, 0) is 42.8 Å². The summed E-state index contributed by atoms with van der Waals surface area (Å²) in [5.41, 5.74) is 0.291. The van der Waals surface area contributed by atoms with Crippen LogP contribution in [0.1, 0.15) is 16.8 Å². The molecule has 0 N–H and O–H groups in total. The van der Waals surface area contributed by atoms with Crippen LogP contribution < -0.4 is 0 Å². The smallest absolute Gasteiger partial charge is 0.255 e. The zero-order valence-electron chi connectivity index (χ0n) is 14.2. The van der Waals surface area contributed by atoms with Crippen LogP contribution in [0.25, 0.3) is 0 Å². The first-order valence-corrected chi connectivity index (χ1v) is 10.5. The van der Waals surface area contributed by atoms with Crippen LogP contribution in [0, 0.1) is 5.82 Å². The van der Waals surface area contributed by atoms with E-state index in [1.54, 1.807) is 23.1 Å². The fraction of sp³-hybridized carbons (Fsp3) is 0.278. The summed E-state index contributed by atoms with van der Waals surface area (Å²) >= 11 is 12.1. The highest BCUT2D eigenvalue weighted by molar-refractivity contribution is 7.89. The van der Waals surface area contributed by atoms with Crippen molar-refractivity contribution in [3.05, 3.63) is 63.9 Å². The molecule has 1 aliphatic rings. The summed E-state index contributed by atoms with van der Waals surface area (Å²) in [5, 5.41) is 0.474. The van der Waals surface area contributed by atoms with E-state index in [9.17, 15) is 17.6 Å². The van der Waals surface area contributed by atoms with Crippen molar-refractivity contribution in [3.8, 4) is 0 Å². The van der Waals surface area contributed by atoms with Crippen molar-refractivity contribution < 1.29 is 17.6 Å². The van der Waals surface area contributed by atoms with Gasteiger partial charge in [-0.25, -0.2) is 12.8 Å². The lowest BCUT2D eigenvalue weighted by molar-refractivity contribution is 0.0764. The van der Waals surface area contributed by atoms with Crippen LogP contribution in [-0.2, 0) is 10.0 Å². The van der Waals surface area contributed by atoms with Crippen LogP contribution in [0.2, 0.25) is 10.0 Å². The van der Waals surface area contributed by atoms with Crippen LogP contribution in [0.15, 0.2) is 47.4 Å². The molecule has 0 radical (unpaired) electrons. The number of hydrogen-bond acceptors (Lipinski definition) is 3. The van der Waals surface area contributed by atoms with Crippen LogP contribution >= 0.6 is 23.2 Å². The molecule has 3 rings (SSSR count). The minimum absolute atomic E-state index is 0.0292. The molecule has 0 unspecified atom stereocenters. The molecule has 2 aromatic carbocycles. The highest BCUT2D eigenvalue weighted by Crippen LogP contribution is 2.27. The second-order valence-corrected chi connectivity index (χ2v) is 8.83. The lowest BCUT2D eigenvalue weighted by Gasteiger charge is -2.22. The van der Waals surface area contributed by atoms with Gasteiger partial charge in [-0.2, -0.15) is 4.31 Å². The third kappa shape index (κ3) is 4.27. The SMILES string of the molecule is O=C(c1cccc(Cl)c1Cl)N1CCCN(S(=O)(=O)c2ccc(F)cc2)CC1. The minimum atomic E-state index is -3.75. The quantitative estimate of drug-likeness (QED) is 0.746. The summed E-state index contributed by atoms with van der Waals surface area (Å²) in [6.07, 6.45) is 0.477. The van der Waals surface area contributed by atoms with Gasteiger partial charge in [0, 0.05) is 26.2 Å². The normalized spacial score (nSPS) is 16.2. The number of amides is 1. The fourth-order valence-electron chi connectivity index (χ4n) is 2.93. The second-order valence-electron chi connectivity index (χ2n) is 6.11. The van der Waals surface area contributed by atoms with E-state index in [1.165, 1.54) is 16.4 Å². The molecule has 0 aromatic heterocycles. The van der Waals surface area contributed by atoms with Crippen molar-refractivity contribution >= 4 is 39.1 Å². The molecule has 0 bridgehead atoms. The molecule has 1 amide bonds. The van der Waals surface area contributed by atoms with Crippen LogP contribution in [-0.4, -0.2) is 49.7 Å². The maximum atomic E-state index is 13.1. The Balaban J connectivity index is 1.76. The van der Waals surface area contributed by atoms with Gasteiger partial charge in [-0.3, -0.25) is 4.79 Å². The largest absolute Gasteiger partial charge is 0.337 e. The summed E-state index contributed by atoms with van der Waals surface area (Å²) < 4.78 is 39.9. The Bertz CT molecular complexity index is 952. The molecule has 1 aliphatic heterocycles. The highest BCUT2D eigenvalue weighted by atomic mass is 35.5. The molecule has 0 spiro atoms. The van der Waals surface area contributed by atoms with Crippen molar-refractivity contribution in [2.75, 3.05) is 26.2 Å². The lowest BCUT2D eigenvalue weighted by Crippen LogP contribution is -2.37. The monoisotopic (exact) mass is 430 g/mol. The van der Waals surface area contributed by atoms with E-state index in [0.717, 1.165) is 12.1 Å². The lowest BCUT2D eigenvalue weighted by atomic mass is 10.2. The average molecular weight is 431 g/mol. The number of halogens is 3. The molecule has 1 heterocycles. The summed E-state index contributed by atoms with van der Waals surface area (Å²) in [6.45, 7) is 1.04. The standard InChI is InChI=1S/C18H17Cl2FN2O3S/c19-16-4-1-3-15(17(16)20)18(24)22-9-2-10-23(12-11-22)27(25,26)14-7-5-13(21)6-8-14/h1,3-8H,2,9-12H2. The first-order valence-electron chi connectivity index (χ1n) is 8.30. The van der Waals surface area contributed by atoms with Gasteiger partial charge < -0.3 is 4.90 Å². The van der Waals surface area contributed by atoms with Gasteiger partial charge in [0.1, 0.15) is 5.82 Å². The Hall–Kier alpha value is -1.67. The second kappa shape index (κ2) is 8.14. The highest BCUT2D eigenvalue weighted by Gasteiger charge is 2.29. The molecule has 1 fully saturated rings. The minimum Gasteiger partial charge on any atom is -0.337 e. The number of hydrogen-bond donors (Lipinski definition) is 0.